The van der Waals surface area contributed by atoms with E-state index in [1.165, 1.54) is 4.31 Å². The molecule has 2 fully saturated rings. The molecule has 10 heteroatoms. The van der Waals surface area contributed by atoms with Crippen LogP contribution in [0.15, 0.2) is 18.2 Å². The van der Waals surface area contributed by atoms with E-state index in [9.17, 15) is 18.0 Å². The van der Waals surface area contributed by atoms with Crippen LogP contribution in [0, 0.1) is 5.92 Å². The summed E-state index contributed by atoms with van der Waals surface area (Å²) in [5.74, 6) is 0.539. The van der Waals surface area contributed by atoms with Crippen LogP contribution in [0.5, 0.6) is 11.5 Å². The van der Waals surface area contributed by atoms with Crippen molar-refractivity contribution in [3.63, 3.8) is 0 Å². The molecule has 4 rings (SSSR count). The monoisotopic (exact) mass is 465 g/mol. The molecular formula is C22H31N3O6S. The van der Waals surface area contributed by atoms with Crippen molar-refractivity contribution in [2.24, 2.45) is 5.92 Å². The lowest BCUT2D eigenvalue weighted by Crippen LogP contribution is -2.54. The fraction of sp³-hybridized carbons (Fsp3) is 0.636. The number of ether oxygens (including phenoxy) is 2. The third-order valence-corrected chi connectivity index (χ3v) is 8.81. The van der Waals surface area contributed by atoms with Gasteiger partial charge >= 0.3 is 0 Å². The second-order valence-corrected chi connectivity index (χ2v) is 11.4. The van der Waals surface area contributed by atoms with Gasteiger partial charge in [-0.2, -0.15) is 0 Å². The van der Waals surface area contributed by atoms with Gasteiger partial charge in [-0.05, 0) is 63.6 Å². The van der Waals surface area contributed by atoms with Crippen molar-refractivity contribution in [2.45, 2.75) is 50.8 Å². The Balaban J connectivity index is 1.49. The van der Waals surface area contributed by atoms with Crippen molar-refractivity contribution >= 4 is 21.8 Å². The fourth-order valence-electron chi connectivity index (χ4n) is 4.54. The molecule has 0 bridgehead atoms. The number of carbonyl (C=O) groups is 2. The highest BCUT2D eigenvalue weighted by molar-refractivity contribution is 7.89. The number of hydrogen-bond acceptors (Lipinski definition) is 6. The first-order valence-electron chi connectivity index (χ1n) is 11.3. The lowest BCUT2D eigenvalue weighted by Gasteiger charge is -2.37. The lowest BCUT2D eigenvalue weighted by molar-refractivity contribution is -0.133. The van der Waals surface area contributed by atoms with Crippen LogP contribution in [0.2, 0.25) is 0 Å². The number of sulfonamides is 1. The number of fused-ring (bicyclic) bond motifs is 1. The van der Waals surface area contributed by atoms with Gasteiger partial charge in [-0.25, -0.2) is 12.7 Å². The largest absolute Gasteiger partial charge is 0.454 e. The third-order valence-electron chi connectivity index (χ3n) is 6.53. The van der Waals surface area contributed by atoms with Crippen LogP contribution in [-0.4, -0.2) is 73.7 Å². The summed E-state index contributed by atoms with van der Waals surface area (Å²) in [6, 6.07) is 4.27. The average Bonchev–Trinajstić information content (AvgIpc) is 3.48. The summed E-state index contributed by atoms with van der Waals surface area (Å²) in [5, 5.41) is 2.47. The quantitative estimate of drug-likeness (QED) is 0.684. The molecule has 2 saturated heterocycles. The molecule has 1 N–H and O–H groups in total. The number of benzene rings is 1. The minimum Gasteiger partial charge on any atom is -0.454 e. The minimum atomic E-state index is -3.33. The zero-order chi connectivity index (χ0) is 22.9. The summed E-state index contributed by atoms with van der Waals surface area (Å²) >= 11 is 0. The molecule has 0 spiro atoms. The molecule has 1 atom stereocenters. The van der Waals surface area contributed by atoms with Gasteiger partial charge in [-0.3, -0.25) is 9.59 Å². The van der Waals surface area contributed by atoms with Crippen molar-refractivity contribution < 1.29 is 27.5 Å². The molecule has 0 saturated carbocycles. The molecule has 1 aromatic rings. The molecule has 1 aromatic carbocycles. The van der Waals surface area contributed by atoms with E-state index in [-0.39, 0.29) is 24.5 Å². The van der Waals surface area contributed by atoms with Gasteiger partial charge in [0.25, 0.3) is 5.91 Å². The average molecular weight is 466 g/mol. The normalized spacial score (nSPS) is 20.5. The second-order valence-electron chi connectivity index (χ2n) is 8.88. The van der Waals surface area contributed by atoms with E-state index in [1.807, 2.05) is 4.90 Å². The van der Waals surface area contributed by atoms with Crippen LogP contribution in [0.25, 0.3) is 0 Å². The van der Waals surface area contributed by atoms with E-state index in [0.29, 0.717) is 56.1 Å². The van der Waals surface area contributed by atoms with Crippen LogP contribution in [-0.2, 0) is 14.8 Å². The molecule has 0 unspecified atom stereocenters. The number of piperidine rings is 1. The van der Waals surface area contributed by atoms with Crippen molar-refractivity contribution in [1.29, 1.82) is 0 Å². The van der Waals surface area contributed by atoms with Crippen molar-refractivity contribution in [3.8, 4) is 11.5 Å². The molecule has 9 nitrogen and oxygen atoms in total. The van der Waals surface area contributed by atoms with Crippen molar-refractivity contribution in [3.05, 3.63) is 23.8 Å². The molecule has 0 aliphatic carbocycles. The van der Waals surface area contributed by atoms with E-state index < -0.39 is 21.3 Å². The first-order chi connectivity index (χ1) is 15.3. The fourth-order valence-corrected chi connectivity index (χ4v) is 5.86. The molecule has 0 aromatic heterocycles. The summed E-state index contributed by atoms with van der Waals surface area (Å²) in [5.41, 5.74) is 0.397. The Morgan fingerprint density at radius 1 is 1.03 bits per heavy atom. The van der Waals surface area contributed by atoms with Crippen LogP contribution in [0.1, 0.15) is 49.9 Å². The molecule has 3 aliphatic rings. The molecule has 0 radical (unpaired) electrons. The van der Waals surface area contributed by atoms with E-state index in [1.54, 1.807) is 32.0 Å². The van der Waals surface area contributed by atoms with Crippen LogP contribution < -0.4 is 14.8 Å². The summed E-state index contributed by atoms with van der Waals surface area (Å²) in [6.07, 6.45) is 2.97. The molecule has 176 valence electrons. The zero-order valence-electron chi connectivity index (χ0n) is 18.6. The van der Waals surface area contributed by atoms with Gasteiger partial charge in [0.1, 0.15) is 6.04 Å². The van der Waals surface area contributed by atoms with Crippen LogP contribution in [0.3, 0.4) is 0 Å². The van der Waals surface area contributed by atoms with E-state index in [2.05, 4.69) is 5.32 Å². The van der Waals surface area contributed by atoms with Gasteiger partial charge < -0.3 is 19.7 Å². The van der Waals surface area contributed by atoms with Gasteiger partial charge in [0.15, 0.2) is 11.5 Å². The Hall–Kier alpha value is -2.33. The first-order valence-corrected chi connectivity index (χ1v) is 12.8. The number of carbonyl (C=O) groups excluding carboxylic acids is 2. The Labute approximate surface area is 189 Å². The van der Waals surface area contributed by atoms with Gasteiger partial charge in [0.2, 0.25) is 22.7 Å². The standard InChI is InChI=1S/C22H31N3O6S/c1-15(2)32(28,29)25-11-7-16(8-12-25)20(22(27)24-9-3-4-10-24)23-21(26)17-5-6-18-19(13-17)31-14-30-18/h5-6,13,15-16,20H,3-4,7-12,14H2,1-2H3,(H,23,26)/t20-/m1/s1. The Kier molecular flexibility index (Phi) is 6.62. The topological polar surface area (TPSA) is 105 Å². The summed E-state index contributed by atoms with van der Waals surface area (Å²) in [6.45, 7) is 5.56. The maximum absolute atomic E-state index is 13.3. The predicted molar refractivity (Wildman–Crippen MR) is 118 cm³/mol. The number of amides is 2. The van der Waals surface area contributed by atoms with Crippen LogP contribution >= 0.6 is 0 Å². The molecule has 32 heavy (non-hydrogen) atoms. The Morgan fingerprint density at radius 3 is 2.34 bits per heavy atom. The van der Waals surface area contributed by atoms with E-state index in [4.69, 9.17) is 9.47 Å². The van der Waals surface area contributed by atoms with Gasteiger partial charge in [0.05, 0.1) is 5.25 Å². The number of likely N-dealkylation sites (tertiary alicyclic amines) is 1. The maximum atomic E-state index is 13.3. The van der Waals surface area contributed by atoms with Crippen LogP contribution in [0.4, 0.5) is 0 Å². The summed E-state index contributed by atoms with van der Waals surface area (Å²) in [7, 11) is -3.33. The second kappa shape index (κ2) is 9.27. The lowest BCUT2D eigenvalue weighted by atomic mass is 9.89. The summed E-state index contributed by atoms with van der Waals surface area (Å²) in [4.78, 5) is 28.2. The number of nitrogens with one attached hydrogen (secondary N) is 1. The smallest absolute Gasteiger partial charge is 0.252 e. The molecule has 3 heterocycles. The summed E-state index contributed by atoms with van der Waals surface area (Å²) < 4.78 is 37.2. The number of nitrogens with zero attached hydrogens (tertiary/aromatic N) is 2. The van der Waals surface area contributed by atoms with E-state index >= 15 is 0 Å². The molecule has 3 aliphatic heterocycles. The minimum absolute atomic E-state index is 0.0817. The van der Waals surface area contributed by atoms with Gasteiger partial charge in [0, 0.05) is 31.7 Å². The SMILES string of the molecule is CC(C)S(=O)(=O)N1CCC([C@@H](NC(=O)c2ccc3c(c2)OCO3)C(=O)N2CCCC2)CC1. The highest BCUT2D eigenvalue weighted by atomic mass is 32.2. The van der Waals surface area contributed by atoms with E-state index in [0.717, 1.165) is 12.8 Å². The highest BCUT2D eigenvalue weighted by Gasteiger charge is 2.38. The first kappa shape index (κ1) is 22.8. The van der Waals surface area contributed by atoms with Gasteiger partial charge in [-0.15, -0.1) is 0 Å². The molecular weight excluding hydrogens is 434 g/mol. The van der Waals surface area contributed by atoms with Crippen molar-refractivity contribution in [2.75, 3.05) is 33.0 Å². The number of rotatable bonds is 6. The van der Waals surface area contributed by atoms with Crippen molar-refractivity contribution in [1.82, 2.24) is 14.5 Å². The highest BCUT2D eigenvalue weighted by Crippen LogP contribution is 2.33. The predicted octanol–water partition coefficient (Wildman–Crippen LogP) is 1.59. The van der Waals surface area contributed by atoms with Gasteiger partial charge in [-0.1, -0.05) is 0 Å². The maximum Gasteiger partial charge on any atom is 0.252 e. The third kappa shape index (κ3) is 4.56. The zero-order valence-corrected chi connectivity index (χ0v) is 19.4. The Bertz CT molecular complexity index is 966. The molecule has 2 amide bonds. The Morgan fingerprint density at radius 2 is 1.69 bits per heavy atom. The number of hydrogen-bond donors (Lipinski definition) is 1.